The molecule has 1 saturated heterocycles. The topological polar surface area (TPSA) is 45.9 Å². The molecule has 5 nitrogen and oxygen atoms in total. The molecule has 0 spiro atoms. The van der Waals surface area contributed by atoms with Gasteiger partial charge in [0.2, 0.25) is 0 Å². The van der Waals surface area contributed by atoms with Crippen molar-refractivity contribution in [2.24, 2.45) is 0 Å². The van der Waals surface area contributed by atoms with Crippen LogP contribution in [0.3, 0.4) is 0 Å². The Labute approximate surface area is 142 Å². The van der Waals surface area contributed by atoms with E-state index in [2.05, 4.69) is 17.0 Å². The lowest BCUT2D eigenvalue weighted by molar-refractivity contribution is 0.0676. The summed E-state index contributed by atoms with van der Waals surface area (Å²) >= 11 is 0. The number of rotatable bonds is 4. The first-order chi connectivity index (χ1) is 11.6. The Hall–Kier alpha value is -2.43. The largest absolute Gasteiger partial charge is 0.497 e. The molecule has 0 bridgehead atoms. The van der Waals surface area contributed by atoms with Crippen LogP contribution in [0.25, 0.3) is 0 Å². The van der Waals surface area contributed by atoms with Gasteiger partial charge in [-0.3, -0.25) is 4.79 Å². The van der Waals surface area contributed by atoms with Crippen LogP contribution in [0.5, 0.6) is 5.75 Å². The molecule has 24 heavy (non-hydrogen) atoms. The number of ether oxygens (including phenoxy) is 1. The normalized spacial score (nSPS) is 15.4. The van der Waals surface area contributed by atoms with Crippen molar-refractivity contribution in [3.63, 3.8) is 0 Å². The number of hydrogen-bond donors (Lipinski definition) is 0. The fraction of sp³-hybridized carbons (Fsp3) is 0.421. The highest BCUT2D eigenvalue weighted by Crippen LogP contribution is 2.25. The minimum absolute atomic E-state index is 0.0274. The average Bonchev–Trinajstić information content (AvgIpc) is 3.06. The van der Waals surface area contributed by atoms with Gasteiger partial charge in [0.05, 0.1) is 13.4 Å². The Morgan fingerprint density at radius 3 is 2.42 bits per heavy atom. The Bertz CT molecular complexity index is 685. The van der Waals surface area contributed by atoms with E-state index in [0.29, 0.717) is 5.76 Å². The summed E-state index contributed by atoms with van der Waals surface area (Å²) in [5.41, 5.74) is 2.09. The van der Waals surface area contributed by atoms with Crippen LogP contribution in [0.2, 0.25) is 0 Å². The zero-order valence-electron chi connectivity index (χ0n) is 14.5. The van der Waals surface area contributed by atoms with Gasteiger partial charge in [-0.1, -0.05) is 0 Å². The van der Waals surface area contributed by atoms with Gasteiger partial charge in [-0.15, -0.1) is 0 Å². The van der Waals surface area contributed by atoms with Crippen LogP contribution in [0, 0.1) is 6.92 Å². The van der Waals surface area contributed by atoms with Crippen LogP contribution < -0.4 is 9.64 Å². The smallest absolute Gasteiger partial charge is 0.289 e. The lowest BCUT2D eigenvalue weighted by Gasteiger charge is -2.37. The van der Waals surface area contributed by atoms with Gasteiger partial charge >= 0.3 is 0 Å². The number of benzene rings is 1. The molecular formula is C19H24N2O3. The molecule has 0 atom stereocenters. The Kier molecular flexibility index (Phi) is 4.79. The van der Waals surface area contributed by atoms with Crippen molar-refractivity contribution >= 4 is 11.6 Å². The van der Waals surface area contributed by atoms with Gasteiger partial charge in [-0.2, -0.15) is 0 Å². The number of carbonyl (C=O) groups is 1. The molecule has 1 amide bonds. The number of methoxy groups -OCH3 is 1. The van der Waals surface area contributed by atoms with Crippen LogP contribution in [0.4, 0.5) is 5.69 Å². The molecule has 0 unspecified atom stereocenters. The van der Waals surface area contributed by atoms with Gasteiger partial charge in [0.1, 0.15) is 5.75 Å². The molecule has 0 N–H and O–H groups in total. The van der Waals surface area contributed by atoms with Crippen molar-refractivity contribution in [1.82, 2.24) is 4.90 Å². The first-order valence-electron chi connectivity index (χ1n) is 8.30. The Morgan fingerprint density at radius 1 is 1.21 bits per heavy atom. The van der Waals surface area contributed by atoms with Gasteiger partial charge in [0.25, 0.3) is 5.91 Å². The minimum atomic E-state index is -0.0274. The summed E-state index contributed by atoms with van der Waals surface area (Å²) in [6.07, 6.45) is 3.48. The molecular weight excluding hydrogens is 304 g/mol. The van der Waals surface area contributed by atoms with E-state index in [1.807, 2.05) is 37.1 Å². The molecule has 0 radical (unpaired) electrons. The van der Waals surface area contributed by atoms with Crippen molar-refractivity contribution in [3.8, 4) is 5.75 Å². The van der Waals surface area contributed by atoms with Crippen molar-refractivity contribution in [1.29, 1.82) is 0 Å². The number of carbonyl (C=O) groups excluding carboxylic acids is 1. The summed E-state index contributed by atoms with van der Waals surface area (Å²) < 4.78 is 10.5. The van der Waals surface area contributed by atoms with Gasteiger partial charge in [0.15, 0.2) is 5.76 Å². The number of nitrogens with zero attached hydrogens (tertiary/aromatic N) is 2. The molecule has 5 heteroatoms. The molecule has 1 fully saturated rings. The van der Waals surface area contributed by atoms with E-state index in [-0.39, 0.29) is 11.9 Å². The molecule has 1 aliphatic heterocycles. The Morgan fingerprint density at radius 2 is 1.88 bits per heavy atom. The molecule has 0 saturated carbocycles. The van der Waals surface area contributed by atoms with Crippen LogP contribution in [0.1, 0.15) is 29.0 Å². The summed E-state index contributed by atoms with van der Waals surface area (Å²) in [6, 6.07) is 10.2. The third-order valence-electron chi connectivity index (χ3n) is 4.83. The molecule has 1 aliphatic rings. The van der Waals surface area contributed by atoms with E-state index in [4.69, 9.17) is 9.15 Å². The minimum Gasteiger partial charge on any atom is -0.497 e. The standard InChI is InChI=1S/C19H24N2O3/c1-14-10-13-24-18(14)19(22)20(2)15-8-11-21(12-9-15)16-4-6-17(23-3)7-5-16/h4-7,10,13,15H,8-9,11-12H2,1-3H3. The average molecular weight is 328 g/mol. The number of aryl methyl sites for hydroxylation is 1. The third-order valence-corrected chi connectivity index (χ3v) is 4.83. The summed E-state index contributed by atoms with van der Waals surface area (Å²) in [7, 11) is 3.55. The zero-order chi connectivity index (χ0) is 17.1. The molecule has 3 rings (SSSR count). The molecule has 2 aromatic rings. The third kappa shape index (κ3) is 3.25. The number of furan rings is 1. The second-order valence-electron chi connectivity index (χ2n) is 6.27. The fourth-order valence-corrected chi connectivity index (χ4v) is 3.22. The van der Waals surface area contributed by atoms with E-state index in [1.54, 1.807) is 13.4 Å². The second kappa shape index (κ2) is 6.99. The maximum Gasteiger partial charge on any atom is 0.289 e. The Balaban J connectivity index is 1.60. The van der Waals surface area contributed by atoms with Gasteiger partial charge < -0.3 is 19.0 Å². The van der Waals surface area contributed by atoms with E-state index in [1.165, 1.54) is 5.69 Å². The molecule has 128 valence electrons. The summed E-state index contributed by atoms with van der Waals surface area (Å²) in [5.74, 6) is 1.29. The summed E-state index contributed by atoms with van der Waals surface area (Å²) in [5, 5.41) is 0. The van der Waals surface area contributed by atoms with Gasteiger partial charge in [-0.05, 0) is 50.1 Å². The zero-order valence-corrected chi connectivity index (χ0v) is 14.5. The molecule has 1 aromatic heterocycles. The van der Waals surface area contributed by atoms with E-state index in [9.17, 15) is 4.79 Å². The number of amides is 1. The molecule has 1 aromatic carbocycles. The van der Waals surface area contributed by atoms with Crippen LogP contribution >= 0.6 is 0 Å². The van der Waals surface area contributed by atoms with E-state index in [0.717, 1.165) is 37.2 Å². The van der Waals surface area contributed by atoms with Crippen molar-refractivity contribution in [3.05, 3.63) is 47.9 Å². The van der Waals surface area contributed by atoms with Crippen LogP contribution in [0.15, 0.2) is 41.0 Å². The SMILES string of the molecule is COc1ccc(N2CCC(N(C)C(=O)c3occc3C)CC2)cc1. The van der Waals surface area contributed by atoms with E-state index < -0.39 is 0 Å². The molecule has 2 heterocycles. The fourth-order valence-electron chi connectivity index (χ4n) is 3.22. The summed E-state index contributed by atoms with van der Waals surface area (Å²) in [4.78, 5) is 16.7. The van der Waals surface area contributed by atoms with Crippen molar-refractivity contribution in [2.75, 3.05) is 32.1 Å². The van der Waals surface area contributed by atoms with Crippen molar-refractivity contribution in [2.45, 2.75) is 25.8 Å². The second-order valence-corrected chi connectivity index (χ2v) is 6.27. The first-order valence-corrected chi connectivity index (χ1v) is 8.30. The highest BCUT2D eigenvalue weighted by atomic mass is 16.5. The summed E-state index contributed by atoms with van der Waals surface area (Å²) in [6.45, 7) is 3.77. The van der Waals surface area contributed by atoms with E-state index >= 15 is 0 Å². The monoisotopic (exact) mass is 328 g/mol. The molecule has 0 aliphatic carbocycles. The highest BCUT2D eigenvalue weighted by molar-refractivity contribution is 5.92. The van der Waals surface area contributed by atoms with Crippen LogP contribution in [-0.2, 0) is 0 Å². The lowest BCUT2D eigenvalue weighted by atomic mass is 10.0. The highest BCUT2D eigenvalue weighted by Gasteiger charge is 2.28. The first kappa shape index (κ1) is 16.4. The van der Waals surface area contributed by atoms with Gasteiger partial charge in [-0.25, -0.2) is 0 Å². The van der Waals surface area contributed by atoms with Crippen molar-refractivity contribution < 1.29 is 13.9 Å². The number of piperidine rings is 1. The number of anilines is 1. The quantitative estimate of drug-likeness (QED) is 0.863. The maximum absolute atomic E-state index is 12.6. The predicted molar refractivity (Wildman–Crippen MR) is 93.8 cm³/mol. The van der Waals surface area contributed by atoms with Crippen LogP contribution in [-0.4, -0.2) is 44.1 Å². The van der Waals surface area contributed by atoms with Gasteiger partial charge in [0, 0.05) is 37.4 Å². The maximum atomic E-state index is 12.6. The lowest BCUT2D eigenvalue weighted by Crippen LogP contribution is -2.45. The number of hydrogen-bond acceptors (Lipinski definition) is 4. The predicted octanol–water partition coefficient (Wildman–Crippen LogP) is 3.34.